The Morgan fingerprint density at radius 2 is 1.97 bits per heavy atom. The second kappa shape index (κ2) is 9.59. The average Bonchev–Trinajstić information content (AvgIpc) is 3.37. The Morgan fingerprint density at radius 3 is 2.66 bits per heavy atom. The van der Waals surface area contributed by atoms with Crippen LogP contribution in [0.1, 0.15) is 57.9 Å². The van der Waals surface area contributed by atoms with Gasteiger partial charge in [0.15, 0.2) is 5.76 Å². The van der Waals surface area contributed by atoms with E-state index in [1.54, 1.807) is 13.2 Å². The largest absolute Gasteiger partial charge is 0.501 e. The molecule has 1 amide bonds. The summed E-state index contributed by atoms with van der Waals surface area (Å²) < 4.78 is 11.6. The molecule has 0 spiro atoms. The third-order valence-electron chi connectivity index (χ3n) is 7.18. The molecule has 1 aliphatic carbocycles. The molecule has 1 aromatic rings. The van der Waals surface area contributed by atoms with Crippen molar-refractivity contribution in [3.63, 3.8) is 0 Å². The van der Waals surface area contributed by atoms with E-state index in [2.05, 4.69) is 81.4 Å². The maximum Gasteiger partial charge on any atom is 0.301 e. The van der Waals surface area contributed by atoms with Crippen LogP contribution in [0.25, 0.3) is 0 Å². The molecule has 4 atom stereocenters. The van der Waals surface area contributed by atoms with Gasteiger partial charge in [0.2, 0.25) is 0 Å². The molecule has 0 radical (unpaired) electrons. The van der Waals surface area contributed by atoms with Gasteiger partial charge < -0.3 is 14.5 Å². The first-order chi connectivity index (χ1) is 16.5. The van der Waals surface area contributed by atoms with Crippen LogP contribution in [-0.2, 0) is 11.2 Å². The van der Waals surface area contributed by atoms with Gasteiger partial charge in [0.05, 0.1) is 18.9 Å². The summed E-state index contributed by atoms with van der Waals surface area (Å²) in [6.45, 7) is 13.1. The molecule has 8 heteroatoms. The van der Waals surface area contributed by atoms with E-state index in [1.807, 2.05) is 18.1 Å². The van der Waals surface area contributed by atoms with E-state index in [0.717, 1.165) is 17.3 Å². The maximum atomic E-state index is 12.8. The fourth-order valence-corrected chi connectivity index (χ4v) is 5.49. The van der Waals surface area contributed by atoms with E-state index in [-0.39, 0.29) is 35.2 Å². The summed E-state index contributed by atoms with van der Waals surface area (Å²) in [5.74, 6) is 3.13. The summed E-state index contributed by atoms with van der Waals surface area (Å²) in [6, 6.07) is 3.85. The normalized spacial score (nSPS) is 26.5. The minimum atomic E-state index is -0.315. The summed E-state index contributed by atoms with van der Waals surface area (Å²) in [5.41, 5.74) is 13.1. The SMILES string of the molecule is COC1=CC=C(C(C)(C)C)C(C)C1Cc1ccc(C(=O)NNC2C=C(C)C3=C(N2)N(C)NC3C)o1. The standard InChI is InChI=1S/C27H39N5O3/c1-15-13-23(28-25-24(15)17(3)31-32(25)7)29-30-26(33)22-11-9-18(35-22)14-19-16(2)20(27(4,5)6)10-12-21(19)34-8/h9-13,16-17,19,23,28-29,31H,14H2,1-8H3,(H,30,33). The van der Waals surface area contributed by atoms with Crippen LogP contribution in [0.2, 0.25) is 0 Å². The molecule has 0 aromatic carbocycles. The number of amides is 1. The minimum Gasteiger partial charge on any atom is -0.501 e. The highest BCUT2D eigenvalue weighted by molar-refractivity contribution is 5.91. The Bertz CT molecular complexity index is 1100. The van der Waals surface area contributed by atoms with Crippen LogP contribution >= 0.6 is 0 Å². The molecule has 4 rings (SSSR count). The lowest BCUT2D eigenvalue weighted by Crippen LogP contribution is -2.52. The van der Waals surface area contributed by atoms with Gasteiger partial charge in [0.25, 0.3) is 0 Å². The first-order valence-corrected chi connectivity index (χ1v) is 12.3. The van der Waals surface area contributed by atoms with Crippen LogP contribution in [0, 0.1) is 17.3 Å². The van der Waals surface area contributed by atoms with Gasteiger partial charge in [0.1, 0.15) is 17.7 Å². The van der Waals surface area contributed by atoms with Crippen LogP contribution in [-0.4, -0.2) is 37.3 Å². The van der Waals surface area contributed by atoms with Crippen molar-refractivity contribution in [1.82, 2.24) is 26.6 Å². The number of carbonyl (C=O) groups excluding carboxylic acids is 1. The summed E-state index contributed by atoms with van der Waals surface area (Å²) in [6.07, 6.45) is 6.74. The predicted octanol–water partition coefficient (Wildman–Crippen LogP) is 3.75. The number of rotatable bonds is 6. The number of nitrogens with zero attached hydrogens (tertiary/aromatic N) is 1. The van der Waals surface area contributed by atoms with Gasteiger partial charge in [-0.05, 0) is 55.0 Å². The molecule has 2 aliphatic heterocycles. The van der Waals surface area contributed by atoms with E-state index >= 15 is 0 Å². The lowest BCUT2D eigenvalue weighted by atomic mass is 9.70. The number of hydrogen-bond acceptors (Lipinski definition) is 7. The second-order valence-electron chi connectivity index (χ2n) is 10.8. The highest BCUT2D eigenvalue weighted by Gasteiger charge is 2.34. The lowest BCUT2D eigenvalue weighted by molar-refractivity contribution is 0.0894. The third kappa shape index (κ3) is 5.04. The van der Waals surface area contributed by atoms with Crippen LogP contribution in [0.5, 0.6) is 0 Å². The molecule has 4 N–H and O–H groups in total. The van der Waals surface area contributed by atoms with Gasteiger partial charge in [-0.3, -0.25) is 15.2 Å². The van der Waals surface area contributed by atoms with E-state index in [9.17, 15) is 4.79 Å². The molecule has 35 heavy (non-hydrogen) atoms. The molecular weight excluding hydrogens is 442 g/mol. The van der Waals surface area contributed by atoms with Gasteiger partial charge in [-0.2, -0.15) is 0 Å². The van der Waals surface area contributed by atoms with Crippen molar-refractivity contribution in [2.24, 2.45) is 17.3 Å². The van der Waals surface area contributed by atoms with Crippen LogP contribution in [0.3, 0.4) is 0 Å². The van der Waals surface area contributed by atoms with Gasteiger partial charge in [-0.15, -0.1) is 0 Å². The van der Waals surface area contributed by atoms with E-state index in [4.69, 9.17) is 9.15 Å². The van der Waals surface area contributed by atoms with Crippen molar-refractivity contribution in [1.29, 1.82) is 0 Å². The van der Waals surface area contributed by atoms with Gasteiger partial charge >= 0.3 is 5.91 Å². The first-order valence-electron chi connectivity index (χ1n) is 12.3. The Hall–Kier alpha value is -2.97. The zero-order valence-electron chi connectivity index (χ0n) is 22.1. The average molecular weight is 482 g/mol. The van der Waals surface area contributed by atoms with E-state index < -0.39 is 0 Å². The lowest BCUT2D eigenvalue weighted by Gasteiger charge is -2.36. The topological polar surface area (TPSA) is 90.8 Å². The minimum absolute atomic E-state index is 0.0749. The van der Waals surface area contributed by atoms with Gasteiger partial charge in [-0.1, -0.05) is 39.3 Å². The van der Waals surface area contributed by atoms with Gasteiger partial charge in [-0.25, -0.2) is 10.9 Å². The molecule has 3 heterocycles. The number of methoxy groups -OCH3 is 1. The summed E-state index contributed by atoms with van der Waals surface area (Å²) in [4.78, 5) is 12.8. The number of nitrogens with one attached hydrogen (secondary N) is 4. The van der Waals surface area contributed by atoms with Gasteiger partial charge in [0, 0.05) is 25.0 Å². The molecule has 1 aromatic heterocycles. The summed E-state index contributed by atoms with van der Waals surface area (Å²) in [7, 11) is 3.69. The maximum absolute atomic E-state index is 12.8. The summed E-state index contributed by atoms with van der Waals surface area (Å²) in [5, 5.41) is 5.38. The third-order valence-corrected chi connectivity index (χ3v) is 7.18. The number of ether oxygens (including phenoxy) is 1. The van der Waals surface area contributed by atoms with E-state index in [0.29, 0.717) is 12.3 Å². The quantitative estimate of drug-likeness (QED) is 0.460. The van der Waals surface area contributed by atoms with Crippen molar-refractivity contribution in [3.8, 4) is 0 Å². The zero-order chi connectivity index (χ0) is 25.5. The summed E-state index contributed by atoms with van der Waals surface area (Å²) >= 11 is 0. The first kappa shape index (κ1) is 25.1. The fourth-order valence-electron chi connectivity index (χ4n) is 5.49. The Balaban J connectivity index is 1.38. The van der Waals surface area contributed by atoms with Crippen LogP contribution in [0.15, 0.2) is 63.1 Å². The zero-order valence-corrected chi connectivity index (χ0v) is 22.1. The van der Waals surface area contributed by atoms with Crippen molar-refractivity contribution in [2.45, 2.75) is 60.2 Å². The number of dihydropyridines is 1. The molecule has 0 bridgehead atoms. The van der Waals surface area contributed by atoms with Crippen molar-refractivity contribution >= 4 is 5.91 Å². The highest BCUT2D eigenvalue weighted by Crippen LogP contribution is 2.42. The molecular formula is C27H39N5O3. The molecule has 0 saturated heterocycles. The van der Waals surface area contributed by atoms with Crippen molar-refractivity contribution in [3.05, 3.63) is 70.2 Å². The predicted molar refractivity (Wildman–Crippen MR) is 136 cm³/mol. The number of hydrogen-bond donors (Lipinski definition) is 4. The number of allylic oxidation sites excluding steroid dienone is 4. The van der Waals surface area contributed by atoms with Crippen LogP contribution in [0.4, 0.5) is 0 Å². The monoisotopic (exact) mass is 481 g/mol. The number of furan rings is 1. The Labute approximate surface area is 208 Å². The number of carbonyl (C=O) groups is 1. The molecule has 0 fully saturated rings. The molecule has 0 saturated carbocycles. The molecule has 4 unspecified atom stereocenters. The molecule has 3 aliphatic rings. The highest BCUT2D eigenvalue weighted by atomic mass is 16.5. The van der Waals surface area contributed by atoms with E-state index in [1.165, 1.54) is 16.7 Å². The molecule has 190 valence electrons. The van der Waals surface area contributed by atoms with Crippen LogP contribution < -0.4 is 21.6 Å². The fraction of sp³-hybridized carbons (Fsp3) is 0.519. The number of hydrazine groups is 2. The smallest absolute Gasteiger partial charge is 0.301 e. The Morgan fingerprint density at radius 1 is 1.23 bits per heavy atom. The second-order valence-corrected chi connectivity index (χ2v) is 10.8. The molecule has 8 nitrogen and oxygen atoms in total. The van der Waals surface area contributed by atoms with Crippen molar-refractivity contribution in [2.75, 3.05) is 14.2 Å². The van der Waals surface area contributed by atoms with Crippen molar-refractivity contribution < 1.29 is 13.9 Å². The Kier molecular flexibility index (Phi) is 6.88.